The zero-order chi connectivity index (χ0) is 19.8. The highest BCUT2D eigenvalue weighted by molar-refractivity contribution is 5.90. The fourth-order valence-corrected chi connectivity index (χ4v) is 4.63. The zero-order valence-corrected chi connectivity index (χ0v) is 16.7. The molecule has 0 aliphatic carbocycles. The molecule has 148 valence electrons. The molecule has 2 fully saturated rings. The van der Waals surface area contributed by atoms with Gasteiger partial charge in [-0.05, 0) is 43.4 Å². The van der Waals surface area contributed by atoms with Crippen molar-refractivity contribution in [3.8, 4) is 0 Å². The van der Waals surface area contributed by atoms with E-state index in [2.05, 4.69) is 22.2 Å². The molecular weight excluding hydrogens is 354 g/mol. The Labute approximate surface area is 165 Å². The summed E-state index contributed by atoms with van der Waals surface area (Å²) in [6.45, 7) is 3.46. The highest BCUT2D eigenvalue weighted by atomic mass is 16.2. The molecule has 2 aromatic heterocycles. The highest BCUT2D eigenvalue weighted by Gasteiger charge is 2.45. The topological polar surface area (TPSA) is 71.3 Å². The van der Waals surface area contributed by atoms with Crippen LogP contribution in [0.2, 0.25) is 0 Å². The van der Waals surface area contributed by atoms with Crippen LogP contribution in [0.4, 0.5) is 0 Å². The first-order valence-electron chi connectivity index (χ1n) is 9.90. The molecule has 2 aliphatic heterocycles. The average molecular weight is 381 g/mol. The predicted molar refractivity (Wildman–Crippen MR) is 104 cm³/mol. The van der Waals surface area contributed by atoms with Crippen molar-refractivity contribution in [3.05, 3.63) is 47.5 Å². The smallest absolute Gasteiger partial charge is 0.228 e. The van der Waals surface area contributed by atoms with Crippen molar-refractivity contribution < 1.29 is 9.59 Å². The van der Waals surface area contributed by atoms with E-state index in [1.807, 2.05) is 31.3 Å². The zero-order valence-electron chi connectivity index (χ0n) is 16.7. The number of aromatic nitrogens is 3. The lowest BCUT2D eigenvalue weighted by Crippen LogP contribution is -2.42. The van der Waals surface area contributed by atoms with Gasteiger partial charge in [-0.2, -0.15) is 5.10 Å². The molecule has 4 heterocycles. The standard InChI is InChI=1S/C21H27N5O2/c1-14-18(13-23-25(14)3)20-17(12-19(27)24(20)2)21(28)26-10-6-16(7-11-26)15-4-8-22-9-5-15/h4-5,8-9,13,16-17,20H,6-7,10-12H2,1-3H3. The molecule has 2 unspecified atom stereocenters. The molecule has 0 bridgehead atoms. The number of hydrogen-bond donors (Lipinski definition) is 0. The normalized spacial score (nSPS) is 23.5. The van der Waals surface area contributed by atoms with E-state index in [1.165, 1.54) is 5.56 Å². The third-order valence-electron chi connectivity index (χ3n) is 6.48. The summed E-state index contributed by atoms with van der Waals surface area (Å²) >= 11 is 0. The van der Waals surface area contributed by atoms with Gasteiger partial charge in [0.2, 0.25) is 11.8 Å². The van der Waals surface area contributed by atoms with Gasteiger partial charge in [-0.25, -0.2) is 0 Å². The van der Waals surface area contributed by atoms with Crippen LogP contribution in [0.1, 0.15) is 48.0 Å². The summed E-state index contributed by atoms with van der Waals surface area (Å²) in [6, 6.07) is 3.90. The molecule has 7 nitrogen and oxygen atoms in total. The van der Waals surface area contributed by atoms with Crippen LogP contribution >= 0.6 is 0 Å². The summed E-state index contributed by atoms with van der Waals surface area (Å²) < 4.78 is 1.80. The summed E-state index contributed by atoms with van der Waals surface area (Å²) in [5, 5.41) is 4.32. The van der Waals surface area contributed by atoms with Crippen molar-refractivity contribution in [2.24, 2.45) is 13.0 Å². The van der Waals surface area contributed by atoms with Gasteiger partial charge in [-0.15, -0.1) is 0 Å². The Hall–Kier alpha value is -2.70. The van der Waals surface area contributed by atoms with Gasteiger partial charge in [0.15, 0.2) is 0 Å². The van der Waals surface area contributed by atoms with Crippen LogP contribution < -0.4 is 0 Å². The van der Waals surface area contributed by atoms with Crippen LogP contribution in [-0.4, -0.2) is 56.5 Å². The van der Waals surface area contributed by atoms with Crippen molar-refractivity contribution in [1.82, 2.24) is 24.6 Å². The van der Waals surface area contributed by atoms with Crippen LogP contribution in [0.5, 0.6) is 0 Å². The first-order valence-corrected chi connectivity index (χ1v) is 9.90. The first kappa shape index (κ1) is 18.7. The van der Waals surface area contributed by atoms with Crippen LogP contribution in [0, 0.1) is 12.8 Å². The quantitative estimate of drug-likeness (QED) is 0.816. The molecule has 2 saturated heterocycles. The van der Waals surface area contributed by atoms with Gasteiger partial charge < -0.3 is 9.80 Å². The summed E-state index contributed by atoms with van der Waals surface area (Å²) in [5.41, 5.74) is 3.27. The summed E-state index contributed by atoms with van der Waals surface area (Å²) in [5.74, 6) is 0.256. The maximum atomic E-state index is 13.3. The Bertz CT molecular complexity index is 870. The minimum absolute atomic E-state index is 0.0262. The van der Waals surface area contributed by atoms with Crippen molar-refractivity contribution in [2.75, 3.05) is 20.1 Å². The van der Waals surface area contributed by atoms with Crippen LogP contribution in [0.3, 0.4) is 0 Å². The summed E-state index contributed by atoms with van der Waals surface area (Å²) in [4.78, 5) is 33.5. The second-order valence-corrected chi connectivity index (χ2v) is 7.95. The van der Waals surface area contributed by atoms with Gasteiger partial charge in [0.1, 0.15) is 0 Å². The number of carbonyl (C=O) groups excluding carboxylic acids is 2. The average Bonchev–Trinajstić information content (AvgIpc) is 3.21. The fraction of sp³-hybridized carbons (Fsp3) is 0.524. The molecule has 28 heavy (non-hydrogen) atoms. The third kappa shape index (κ3) is 3.19. The Balaban J connectivity index is 1.49. The van der Waals surface area contributed by atoms with E-state index in [1.54, 1.807) is 22.8 Å². The van der Waals surface area contributed by atoms with E-state index in [-0.39, 0.29) is 30.2 Å². The Morgan fingerprint density at radius 1 is 1.14 bits per heavy atom. The number of aryl methyl sites for hydroxylation is 1. The molecule has 0 N–H and O–H groups in total. The Morgan fingerprint density at radius 3 is 2.43 bits per heavy atom. The SMILES string of the molecule is Cc1c(C2C(C(=O)N3CCC(c4ccncc4)CC3)CC(=O)N2C)cnn1C. The van der Waals surface area contributed by atoms with Crippen molar-refractivity contribution in [2.45, 2.75) is 38.1 Å². The molecule has 0 aromatic carbocycles. The van der Waals surface area contributed by atoms with E-state index in [0.29, 0.717) is 5.92 Å². The van der Waals surface area contributed by atoms with E-state index in [0.717, 1.165) is 37.2 Å². The lowest BCUT2D eigenvalue weighted by molar-refractivity contribution is -0.137. The van der Waals surface area contributed by atoms with Gasteiger partial charge in [0, 0.05) is 57.3 Å². The number of pyridine rings is 1. The Morgan fingerprint density at radius 2 is 1.82 bits per heavy atom. The molecular formula is C21H27N5O2. The number of hydrogen-bond acceptors (Lipinski definition) is 4. The highest BCUT2D eigenvalue weighted by Crippen LogP contribution is 2.40. The lowest BCUT2D eigenvalue weighted by atomic mass is 9.88. The second-order valence-electron chi connectivity index (χ2n) is 7.95. The Kier molecular flexibility index (Phi) is 4.91. The van der Waals surface area contributed by atoms with E-state index in [9.17, 15) is 9.59 Å². The number of rotatable bonds is 3. The first-order chi connectivity index (χ1) is 13.5. The van der Waals surface area contributed by atoms with Gasteiger partial charge in [-0.3, -0.25) is 19.3 Å². The molecule has 4 rings (SSSR count). The molecule has 7 heteroatoms. The number of carbonyl (C=O) groups is 2. The maximum Gasteiger partial charge on any atom is 0.228 e. The van der Waals surface area contributed by atoms with Crippen LogP contribution in [0.25, 0.3) is 0 Å². The fourth-order valence-electron chi connectivity index (χ4n) is 4.63. The lowest BCUT2D eigenvalue weighted by Gasteiger charge is -2.35. The van der Waals surface area contributed by atoms with E-state index in [4.69, 9.17) is 0 Å². The van der Waals surface area contributed by atoms with E-state index >= 15 is 0 Å². The summed E-state index contributed by atoms with van der Waals surface area (Å²) in [7, 11) is 3.68. The van der Waals surface area contributed by atoms with E-state index < -0.39 is 0 Å². The molecule has 2 atom stereocenters. The third-order valence-corrected chi connectivity index (χ3v) is 6.48. The maximum absolute atomic E-state index is 13.3. The molecule has 0 saturated carbocycles. The largest absolute Gasteiger partial charge is 0.342 e. The molecule has 0 spiro atoms. The number of piperidine rings is 1. The number of nitrogens with zero attached hydrogens (tertiary/aromatic N) is 5. The molecule has 2 aromatic rings. The monoisotopic (exact) mass is 381 g/mol. The van der Waals surface area contributed by atoms with Gasteiger partial charge in [0.05, 0.1) is 18.2 Å². The predicted octanol–water partition coefficient (Wildman–Crippen LogP) is 2.05. The van der Waals surface area contributed by atoms with Gasteiger partial charge in [-0.1, -0.05) is 0 Å². The van der Waals surface area contributed by atoms with Crippen LogP contribution in [0.15, 0.2) is 30.7 Å². The van der Waals surface area contributed by atoms with Crippen molar-refractivity contribution in [1.29, 1.82) is 0 Å². The minimum Gasteiger partial charge on any atom is -0.342 e. The number of likely N-dealkylation sites (tertiary alicyclic amines) is 2. The van der Waals surface area contributed by atoms with Gasteiger partial charge >= 0.3 is 0 Å². The molecule has 2 amide bonds. The van der Waals surface area contributed by atoms with Gasteiger partial charge in [0.25, 0.3) is 0 Å². The number of amides is 2. The van der Waals surface area contributed by atoms with Crippen LogP contribution in [-0.2, 0) is 16.6 Å². The molecule has 0 radical (unpaired) electrons. The minimum atomic E-state index is -0.335. The summed E-state index contributed by atoms with van der Waals surface area (Å²) in [6.07, 6.45) is 7.62. The second kappa shape index (κ2) is 7.37. The van der Waals surface area contributed by atoms with Crippen molar-refractivity contribution in [3.63, 3.8) is 0 Å². The molecule has 2 aliphatic rings. The van der Waals surface area contributed by atoms with Crippen molar-refractivity contribution >= 4 is 11.8 Å².